The highest BCUT2D eigenvalue weighted by Gasteiger charge is 2.09. The number of amides is 1. The summed E-state index contributed by atoms with van der Waals surface area (Å²) in [5.74, 6) is 0.0983. The fourth-order valence-electron chi connectivity index (χ4n) is 2.20. The lowest BCUT2D eigenvalue weighted by atomic mass is 10.1. The van der Waals surface area contributed by atoms with Crippen LogP contribution in [0.2, 0.25) is 0 Å². The monoisotopic (exact) mass is 325 g/mol. The van der Waals surface area contributed by atoms with Crippen LogP contribution in [0, 0.1) is 5.82 Å². The number of aromatic nitrogens is 1. The molecule has 0 aliphatic carbocycles. The minimum Gasteiger partial charge on any atom is -0.459 e. The van der Waals surface area contributed by atoms with E-state index in [9.17, 15) is 9.18 Å². The Labute approximate surface area is 138 Å². The van der Waals surface area contributed by atoms with Crippen LogP contribution in [0.4, 0.5) is 15.9 Å². The molecule has 6 heteroatoms. The second-order valence-corrected chi connectivity index (χ2v) is 5.13. The fraction of sp³-hybridized carbons (Fsp3) is 0.111. The number of nitrogens with zero attached hydrogens (tertiary/aromatic N) is 1. The molecular weight excluding hydrogens is 309 g/mol. The second kappa shape index (κ2) is 7.41. The van der Waals surface area contributed by atoms with Crippen molar-refractivity contribution in [1.82, 2.24) is 4.98 Å². The average Bonchev–Trinajstić information content (AvgIpc) is 3.13. The summed E-state index contributed by atoms with van der Waals surface area (Å²) < 4.78 is 18.5. The summed E-state index contributed by atoms with van der Waals surface area (Å²) in [7, 11) is 0. The topological polar surface area (TPSA) is 67.2 Å². The van der Waals surface area contributed by atoms with E-state index in [2.05, 4.69) is 15.6 Å². The Morgan fingerprint density at radius 1 is 1.12 bits per heavy atom. The summed E-state index contributed by atoms with van der Waals surface area (Å²) in [6.07, 6.45) is 3.62. The third-order valence-electron chi connectivity index (χ3n) is 3.43. The van der Waals surface area contributed by atoms with E-state index in [1.54, 1.807) is 42.6 Å². The molecule has 5 nitrogen and oxygen atoms in total. The Balaban J connectivity index is 1.51. The molecule has 1 amide bonds. The molecule has 0 radical (unpaired) electrons. The molecule has 3 rings (SSSR count). The van der Waals surface area contributed by atoms with Crippen molar-refractivity contribution in [3.63, 3.8) is 0 Å². The number of carbonyl (C=O) groups is 1. The molecule has 0 aliphatic heterocycles. The zero-order valence-corrected chi connectivity index (χ0v) is 12.8. The van der Waals surface area contributed by atoms with Crippen molar-refractivity contribution in [3.8, 4) is 0 Å². The minimum absolute atomic E-state index is 0.201. The van der Waals surface area contributed by atoms with Crippen LogP contribution < -0.4 is 10.6 Å². The van der Waals surface area contributed by atoms with Gasteiger partial charge in [-0.1, -0.05) is 18.2 Å². The Morgan fingerprint density at radius 3 is 2.71 bits per heavy atom. The molecule has 2 heterocycles. The number of nitrogens with one attached hydrogen (secondary N) is 2. The highest BCUT2D eigenvalue weighted by molar-refractivity contribution is 6.01. The van der Waals surface area contributed by atoms with Gasteiger partial charge in [-0.2, -0.15) is 0 Å². The number of hydrogen-bond donors (Lipinski definition) is 2. The zero-order chi connectivity index (χ0) is 16.8. The molecular formula is C18H16FN3O2. The van der Waals surface area contributed by atoms with Crippen molar-refractivity contribution < 1.29 is 13.6 Å². The molecule has 0 unspecified atom stereocenters. The van der Waals surface area contributed by atoms with Crippen molar-refractivity contribution in [2.45, 2.75) is 6.42 Å². The number of carbonyl (C=O) groups excluding carboxylic acids is 1. The summed E-state index contributed by atoms with van der Waals surface area (Å²) in [6.45, 7) is 0.584. The maximum atomic E-state index is 13.5. The van der Waals surface area contributed by atoms with E-state index in [-0.39, 0.29) is 17.5 Å². The van der Waals surface area contributed by atoms with Crippen LogP contribution in [-0.2, 0) is 6.42 Å². The van der Waals surface area contributed by atoms with Gasteiger partial charge in [0.1, 0.15) is 11.6 Å². The van der Waals surface area contributed by atoms with Gasteiger partial charge in [-0.3, -0.25) is 4.79 Å². The molecule has 0 aliphatic rings. The van der Waals surface area contributed by atoms with Crippen molar-refractivity contribution in [1.29, 1.82) is 0 Å². The molecule has 0 bridgehead atoms. The molecule has 122 valence electrons. The van der Waals surface area contributed by atoms with E-state index >= 15 is 0 Å². The molecule has 0 saturated heterocycles. The van der Waals surface area contributed by atoms with E-state index in [1.807, 2.05) is 6.07 Å². The highest BCUT2D eigenvalue weighted by Crippen LogP contribution is 2.12. The third kappa shape index (κ3) is 3.98. The number of hydrogen-bond acceptors (Lipinski definition) is 4. The Bertz CT molecular complexity index is 801. The smallest absolute Gasteiger partial charge is 0.292 e. The van der Waals surface area contributed by atoms with Crippen molar-refractivity contribution in [3.05, 3.63) is 78.1 Å². The third-order valence-corrected chi connectivity index (χ3v) is 3.43. The summed E-state index contributed by atoms with van der Waals surface area (Å²) >= 11 is 0. The fourth-order valence-corrected chi connectivity index (χ4v) is 2.20. The van der Waals surface area contributed by atoms with Crippen molar-refractivity contribution in [2.24, 2.45) is 0 Å². The van der Waals surface area contributed by atoms with Gasteiger partial charge in [-0.05, 0) is 42.3 Å². The SMILES string of the molecule is O=C(Nc1ccc(NCCc2ccccc2F)cn1)c1ccco1. The van der Waals surface area contributed by atoms with Crippen LogP contribution in [0.25, 0.3) is 0 Å². The van der Waals surface area contributed by atoms with E-state index in [1.165, 1.54) is 12.3 Å². The molecule has 1 aromatic carbocycles. The number of rotatable bonds is 6. The quantitative estimate of drug-likeness (QED) is 0.725. The predicted octanol–water partition coefficient (Wildman–Crippen LogP) is 3.72. The van der Waals surface area contributed by atoms with Crippen molar-refractivity contribution in [2.75, 3.05) is 17.2 Å². The molecule has 2 N–H and O–H groups in total. The standard InChI is InChI=1S/C18H16FN3O2/c19-15-5-2-1-4-13(15)9-10-20-14-7-8-17(21-12-14)22-18(23)16-6-3-11-24-16/h1-8,11-12,20H,9-10H2,(H,21,22,23). The minimum atomic E-state index is -0.354. The lowest BCUT2D eigenvalue weighted by Crippen LogP contribution is -2.12. The van der Waals surface area contributed by atoms with Crippen LogP contribution >= 0.6 is 0 Å². The van der Waals surface area contributed by atoms with Crippen LogP contribution in [0.5, 0.6) is 0 Å². The maximum Gasteiger partial charge on any atom is 0.292 e. The van der Waals surface area contributed by atoms with Gasteiger partial charge in [-0.25, -0.2) is 9.37 Å². The normalized spacial score (nSPS) is 10.4. The molecule has 0 fully saturated rings. The van der Waals surface area contributed by atoms with Crippen LogP contribution in [-0.4, -0.2) is 17.4 Å². The molecule has 0 atom stereocenters. The first kappa shape index (κ1) is 15.7. The summed E-state index contributed by atoms with van der Waals surface area (Å²) in [6, 6.07) is 13.4. The number of furan rings is 1. The highest BCUT2D eigenvalue weighted by atomic mass is 19.1. The summed E-state index contributed by atoms with van der Waals surface area (Å²) in [5, 5.41) is 5.81. The Morgan fingerprint density at radius 2 is 2.00 bits per heavy atom. The first-order valence-corrected chi connectivity index (χ1v) is 7.50. The predicted molar refractivity (Wildman–Crippen MR) is 89.5 cm³/mol. The van der Waals surface area contributed by atoms with E-state index < -0.39 is 0 Å². The van der Waals surface area contributed by atoms with Gasteiger partial charge in [0.15, 0.2) is 5.76 Å². The van der Waals surface area contributed by atoms with Gasteiger partial charge in [0.05, 0.1) is 18.1 Å². The van der Waals surface area contributed by atoms with Crippen LogP contribution in [0.3, 0.4) is 0 Å². The van der Waals surface area contributed by atoms with Gasteiger partial charge >= 0.3 is 0 Å². The average molecular weight is 325 g/mol. The molecule has 24 heavy (non-hydrogen) atoms. The van der Waals surface area contributed by atoms with E-state index in [0.717, 1.165) is 5.69 Å². The number of benzene rings is 1. The van der Waals surface area contributed by atoms with Crippen molar-refractivity contribution >= 4 is 17.4 Å². The van der Waals surface area contributed by atoms with Gasteiger partial charge in [0.2, 0.25) is 0 Å². The van der Waals surface area contributed by atoms with Gasteiger partial charge in [0, 0.05) is 6.54 Å². The van der Waals surface area contributed by atoms with Gasteiger partial charge in [0.25, 0.3) is 5.91 Å². The number of pyridine rings is 1. The largest absolute Gasteiger partial charge is 0.459 e. The Hall–Kier alpha value is -3.15. The van der Waals surface area contributed by atoms with Crippen LogP contribution in [0.15, 0.2) is 65.4 Å². The maximum absolute atomic E-state index is 13.5. The zero-order valence-electron chi connectivity index (χ0n) is 12.8. The number of anilines is 2. The first-order valence-electron chi connectivity index (χ1n) is 7.50. The Kier molecular flexibility index (Phi) is 4.86. The molecule has 0 spiro atoms. The van der Waals surface area contributed by atoms with E-state index in [4.69, 9.17) is 4.42 Å². The lowest BCUT2D eigenvalue weighted by molar-refractivity contribution is 0.0996. The molecule has 3 aromatic rings. The van der Waals surface area contributed by atoms with Gasteiger partial charge in [-0.15, -0.1) is 0 Å². The van der Waals surface area contributed by atoms with Gasteiger partial charge < -0.3 is 15.1 Å². The molecule has 0 saturated carbocycles. The summed E-state index contributed by atoms with van der Waals surface area (Å²) in [5.41, 5.74) is 1.46. The molecule has 2 aromatic heterocycles. The van der Waals surface area contributed by atoms with Crippen LogP contribution in [0.1, 0.15) is 16.1 Å². The number of halogens is 1. The first-order chi connectivity index (χ1) is 11.7. The second-order valence-electron chi connectivity index (χ2n) is 5.13. The summed E-state index contributed by atoms with van der Waals surface area (Å²) in [4.78, 5) is 16.0. The van der Waals surface area contributed by atoms with E-state index in [0.29, 0.717) is 24.3 Å². The lowest BCUT2D eigenvalue weighted by Gasteiger charge is -2.08.